The van der Waals surface area contributed by atoms with Crippen molar-refractivity contribution in [3.8, 4) is 0 Å². The monoisotopic (exact) mass is 152 g/mol. The third-order valence-electron chi connectivity index (χ3n) is 1.03. The second-order valence-electron chi connectivity index (χ2n) is 2.18. The zero-order valence-electron chi connectivity index (χ0n) is 5.73. The van der Waals surface area contributed by atoms with Gasteiger partial charge in [0.05, 0.1) is 0 Å². The molecule has 0 heterocycles. The van der Waals surface area contributed by atoms with Crippen LogP contribution in [0.1, 0.15) is 26.2 Å². The van der Waals surface area contributed by atoms with Gasteiger partial charge in [-0.2, -0.15) is 0 Å². The molecule has 0 radical (unpaired) electrons. The maximum Gasteiger partial charge on any atom is 0.309 e. The van der Waals surface area contributed by atoms with Crippen LogP contribution in [-0.2, 0) is 4.79 Å². The van der Waals surface area contributed by atoms with Crippen LogP contribution in [0.2, 0.25) is 0 Å². The number of carbonyl (C=O) groups is 1. The molecule has 0 aliphatic rings. The Balaban J connectivity index is 3.74. The fraction of sp³-hybridized carbons (Fsp3) is 0.833. The van der Waals surface area contributed by atoms with Crippen molar-refractivity contribution in [2.24, 2.45) is 0 Å². The minimum absolute atomic E-state index is 0.306. The van der Waals surface area contributed by atoms with Crippen LogP contribution in [0.25, 0.3) is 0 Å². The van der Waals surface area contributed by atoms with E-state index in [-0.39, 0.29) is 6.42 Å². The highest BCUT2D eigenvalue weighted by Gasteiger charge is 2.30. The van der Waals surface area contributed by atoms with Crippen LogP contribution in [-0.4, -0.2) is 17.0 Å². The number of rotatable bonds is 4. The Morgan fingerprint density at radius 2 is 2.10 bits per heavy atom. The van der Waals surface area contributed by atoms with E-state index in [1.807, 2.05) is 0 Å². The molecule has 0 saturated heterocycles. The first kappa shape index (κ1) is 9.33. The normalized spacial score (nSPS) is 11.5. The van der Waals surface area contributed by atoms with E-state index in [1.54, 1.807) is 6.92 Å². The summed E-state index contributed by atoms with van der Waals surface area (Å²) in [6.45, 7) is 1.59. The van der Waals surface area contributed by atoms with E-state index < -0.39 is 18.3 Å². The third-order valence-corrected chi connectivity index (χ3v) is 1.03. The van der Waals surface area contributed by atoms with Gasteiger partial charge in [0.25, 0.3) is 5.92 Å². The van der Waals surface area contributed by atoms with Crippen molar-refractivity contribution < 1.29 is 18.7 Å². The number of carboxylic acids is 1. The molecule has 4 heteroatoms. The standard InChI is InChI=1S/C6H10F2O2/c1-2-3-6(7,8)4-5(9)10/h2-4H2,1H3,(H,9,10). The number of hydrogen-bond donors (Lipinski definition) is 1. The molecule has 0 rings (SSSR count). The molecule has 10 heavy (non-hydrogen) atoms. The molecule has 0 aliphatic heterocycles. The van der Waals surface area contributed by atoms with E-state index in [0.29, 0.717) is 6.42 Å². The van der Waals surface area contributed by atoms with Gasteiger partial charge in [-0.25, -0.2) is 8.78 Å². The Bertz CT molecular complexity index is 123. The minimum atomic E-state index is -3.03. The van der Waals surface area contributed by atoms with Gasteiger partial charge in [0, 0.05) is 6.42 Å². The summed E-state index contributed by atoms with van der Waals surface area (Å²) in [6, 6.07) is 0. The zero-order chi connectivity index (χ0) is 8.20. The topological polar surface area (TPSA) is 37.3 Å². The SMILES string of the molecule is CCCC(F)(F)CC(=O)O. The fourth-order valence-corrected chi connectivity index (χ4v) is 0.675. The molecule has 0 atom stereocenters. The summed E-state index contributed by atoms with van der Waals surface area (Å²) in [5, 5.41) is 8.00. The smallest absolute Gasteiger partial charge is 0.309 e. The van der Waals surface area contributed by atoms with E-state index in [9.17, 15) is 13.6 Å². The highest BCUT2D eigenvalue weighted by Crippen LogP contribution is 2.23. The highest BCUT2D eigenvalue weighted by atomic mass is 19.3. The number of alkyl halides is 2. The van der Waals surface area contributed by atoms with Crippen molar-refractivity contribution in [3.63, 3.8) is 0 Å². The lowest BCUT2D eigenvalue weighted by molar-refractivity contribution is -0.145. The zero-order valence-corrected chi connectivity index (χ0v) is 5.73. The Labute approximate surface area is 57.9 Å². The first-order valence-electron chi connectivity index (χ1n) is 3.07. The predicted octanol–water partition coefficient (Wildman–Crippen LogP) is 1.90. The van der Waals surface area contributed by atoms with Crippen LogP contribution in [0.3, 0.4) is 0 Å². The molecule has 60 valence electrons. The van der Waals surface area contributed by atoms with Gasteiger partial charge in [0.1, 0.15) is 6.42 Å². The Hall–Kier alpha value is -0.670. The van der Waals surface area contributed by atoms with E-state index in [2.05, 4.69) is 0 Å². The lowest BCUT2D eigenvalue weighted by Gasteiger charge is -2.11. The largest absolute Gasteiger partial charge is 0.481 e. The maximum atomic E-state index is 12.3. The maximum absolute atomic E-state index is 12.3. The summed E-state index contributed by atoms with van der Waals surface area (Å²) >= 11 is 0. The third kappa shape index (κ3) is 4.23. The molecule has 1 N–H and O–H groups in total. The van der Waals surface area contributed by atoms with Gasteiger partial charge in [0.2, 0.25) is 0 Å². The molecule has 0 aromatic carbocycles. The van der Waals surface area contributed by atoms with E-state index in [0.717, 1.165) is 0 Å². The van der Waals surface area contributed by atoms with Crippen LogP contribution >= 0.6 is 0 Å². The molecule has 0 aliphatic carbocycles. The van der Waals surface area contributed by atoms with Gasteiger partial charge in [-0.15, -0.1) is 0 Å². The minimum Gasteiger partial charge on any atom is -0.481 e. The summed E-state index contributed by atoms with van der Waals surface area (Å²) in [5.41, 5.74) is 0. The first-order chi connectivity index (χ1) is 4.48. The molecule has 0 amide bonds. The lowest BCUT2D eigenvalue weighted by Crippen LogP contribution is -2.20. The molecule has 0 aromatic rings. The average molecular weight is 152 g/mol. The number of halogens is 2. The van der Waals surface area contributed by atoms with Gasteiger partial charge in [-0.05, 0) is 0 Å². The molecule has 2 nitrogen and oxygen atoms in total. The molecule has 0 spiro atoms. The van der Waals surface area contributed by atoms with E-state index in [1.165, 1.54) is 0 Å². The van der Waals surface area contributed by atoms with Crippen LogP contribution in [0.15, 0.2) is 0 Å². The Kier molecular flexibility index (Phi) is 3.25. The van der Waals surface area contributed by atoms with Gasteiger partial charge >= 0.3 is 5.97 Å². The first-order valence-corrected chi connectivity index (χ1v) is 3.07. The number of aliphatic carboxylic acids is 1. The number of hydrogen-bond acceptors (Lipinski definition) is 1. The van der Waals surface area contributed by atoms with Crippen molar-refractivity contribution in [1.82, 2.24) is 0 Å². The van der Waals surface area contributed by atoms with E-state index in [4.69, 9.17) is 5.11 Å². The second-order valence-corrected chi connectivity index (χ2v) is 2.18. The molecule has 0 aromatic heterocycles. The summed E-state index contributed by atoms with van der Waals surface area (Å²) in [4.78, 5) is 9.81. The fourth-order valence-electron chi connectivity index (χ4n) is 0.675. The van der Waals surface area contributed by atoms with Crippen LogP contribution < -0.4 is 0 Å². The summed E-state index contributed by atoms with van der Waals surface area (Å²) in [7, 11) is 0. The molecule has 0 saturated carbocycles. The van der Waals surface area contributed by atoms with Gasteiger partial charge in [-0.1, -0.05) is 13.3 Å². The highest BCUT2D eigenvalue weighted by molar-refractivity contribution is 5.67. The number of carboxylic acid groups (broad SMARTS) is 1. The summed E-state index contributed by atoms with van der Waals surface area (Å²) in [6.07, 6.45) is -1.10. The van der Waals surface area contributed by atoms with Crippen molar-refractivity contribution in [2.75, 3.05) is 0 Å². The van der Waals surface area contributed by atoms with Crippen molar-refractivity contribution in [1.29, 1.82) is 0 Å². The average Bonchev–Trinajstić information content (AvgIpc) is 1.59. The van der Waals surface area contributed by atoms with Gasteiger partial charge < -0.3 is 5.11 Å². The molecule has 0 bridgehead atoms. The Morgan fingerprint density at radius 1 is 1.60 bits per heavy atom. The Morgan fingerprint density at radius 3 is 2.40 bits per heavy atom. The van der Waals surface area contributed by atoms with Crippen LogP contribution in [0, 0.1) is 0 Å². The molecule has 0 unspecified atom stereocenters. The quantitative estimate of drug-likeness (QED) is 0.667. The second kappa shape index (κ2) is 3.49. The molecular weight excluding hydrogens is 142 g/mol. The summed E-state index contributed by atoms with van der Waals surface area (Å²) < 4.78 is 24.6. The van der Waals surface area contributed by atoms with Crippen LogP contribution in [0.5, 0.6) is 0 Å². The lowest BCUT2D eigenvalue weighted by atomic mass is 10.1. The molecule has 0 fully saturated rings. The van der Waals surface area contributed by atoms with E-state index >= 15 is 0 Å². The van der Waals surface area contributed by atoms with Gasteiger partial charge in [-0.3, -0.25) is 4.79 Å². The van der Waals surface area contributed by atoms with Crippen molar-refractivity contribution in [3.05, 3.63) is 0 Å². The van der Waals surface area contributed by atoms with Crippen molar-refractivity contribution >= 4 is 5.97 Å². The predicted molar refractivity (Wildman–Crippen MR) is 32.1 cm³/mol. The van der Waals surface area contributed by atoms with Gasteiger partial charge in [0.15, 0.2) is 0 Å². The summed E-state index contributed by atoms with van der Waals surface area (Å²) in [5.74, 6) is -4.47. The van der Waals surface area contributed by atoms with Crippen LogP contribution in [0.4, 0.5) is 8.78 Å². The van der Waals surface area contributed by atoms with Crippen molar-refractivity contribution in [2.45, 2.75) is 32.1 Å². The molecular formula is C6H10F2O2.